The number of carbonyl (C=O) groups is 1. The highest BCUT2D eigenvalue weighted by Gasteiger charge is 2.30. The fourth-order valence-electron chi connectivity index (χ4n) is 4.73. The van der Waals surface area contributed by atoms with Gasteiger partial charge >= 0.3 is 5.97 Å². The molecule has 3 aromatic rings. The molecule has 3 aromatic carbocycles. The van der Waals surface area contributed by atoms with Gasteiger partial charge in [-0.2, -0.15) is 5.26 Å². The number of hydrazine groups is 1. The molecule has 180 valence electrons. The molecule has 1 aliphatic carbocycles. The number of carboxylic acid groups (broad SMARTS) is 1. The SMILES string of the molecule is N#Cc1ccc(/C(=C(\c2ccc(/C=C/C(=O)O)cc2)c2ccc3c(c2)C(F)NN3)C2CCC2)c(Cl)c1. The summed E-state index contributed by atoms with van der Waals surface area (Å²) in [6.07, 6.45) is 4.45. The van der Waals surface area contributed by atoms with Crippen LogP contribution >= 0.6 is 11.6 Å². The minimum absolute atomic E-state index is 0.266. The summed E-state index contributed by atoms with van der Waals surface area (Å²) < 4.78 is 14.6. The van der Waals surface area contributed by atoms with Crippen LogP contribution in [0, 0.1) is 17.2 Å². The van der Waals surface area contributed by atoms with Crippen LogP contribution in [-0.4, -0.2) is 11.1 Å². The van der Waals surface area contributed by atoms with Crippen molar-refractivity contribution in [3.05, 3.63) is 105 Å². The molecule has 1 aliphatic heterocycles. The van der Waals surface area contributed by atoms with Crippen molar-refractivity contribution in [3.63, 3.8) is 0 Å². The van der Waals surface area contributed by atoms with Crippen LogP contribution in [0.2, 0.25) is 5.02 Å². The standard InChI is InChI=1S/C29H23ClFN3O2/c30-24-14-18(16-32)6-11-22(24)28(19-2-1-3-19)27(20-8-4-17(5-9-20)7-13-26(35)36)21-10-12-25-23(15-21)29(31)34-33-25/h4-15,19,29,33-34H,1-3H2,(H,35,36)/b13-7+,28-27+. The van der Waals surface area contributed by atoms with E-state index in [2.05, 4.69) is 16.9 Å². The Bertz CT molecular complexity index is 1440. The summed E-state index contributed by atoms with van der Waals surface area (Å²) in [6, 6.07) is 20.8. The number of allylic oxidation sites excluding steroid dienone is 1. The van der Waals surface area contributed by atoms with E-state index >= 15 is 0 Å². The molecule has 5 rings (SSSR count). The molecule has 1 saturated carbocycles. The second-order valence-corrected chi connectivity index (χ2v) is 9.36. The number of aliphatic carboxylic acids is 1. The fraction of sp³-hybridized carbons (Fsp3) is 0.172. The molecule has 1 fully saturated rings. The lowest BCUT2D eigenvalue weighted by Gasteiger charge is -2.32. The van der Waals surface area contributed by atoms with Crippen molar-refractivity contribution >= 4 is 40.5 Å². The van der Waals surface area contributed by atoms with Crippen molar-refractivity contribution in [1.29, 1.82) is 5.26 Å². The predicted molar refractivity (Wildman–Crippen MR) is 140 cm³/mol. The Morgan fingerprint density at radius 2 is 1.83 bits per heavy atom. The van der Waals surface area contributed by atoms with Gasteiger partial charge in [0, 0.05) is 16.7 Å². The number of fused-ring (bicyclic) bond motifs is 1. The number of rotatable bonds is 6. The summed E-state index contributed by atoms with van der Waals surface area (Å²) in [5, 5.41) is 18.8. The molecule has 3 N–H and O–H groups in total. The number of carboxylic acids is 1. The first kappa shape index (κ1) is 23.8. The third-order valence-electron chi connectivity index (χ3n) is 6.74. The van der Waals surface area contributed by atoms with E-state index in [0.717, 1.165) is 58.7 Å². The van der Waals surface area contributed by atoms with Crippen LogP contribution in [0.5, 0.6) is 0 Å². The van der Waals surface area contributed by atoms with E-state index in [0.29, 0.717) is 21.8 Å². The van der Waals surface area contributed by atoms with E-state index in [1.54, 1.807) is 18.2 Å². The zero-order valence-electron chi connectivity index (χ0n) is 19.3. The molecule has 0 aromatic heterocycles. The van der Waals surface area contributed by atoms with E-state index in [9.17, 15) is 14.4 Å². The average Bonchev–Trinajstić information content (AvgIpc) is 3.22. The minimum Gasteiger partial charge on any atom is -0.478 e. The normalized spacial score (nSPS) is 17.6. The van der Waals surface area contributed by atoms with Crippen LogP contribution in [0.25, 0.3) is 17.2 Å². The van der Waals surface area contributed by atoms with Crippen LogP contribution in [0.1, 0.15) is 58.9 Å². The number of anilines is 1. The molecule has 0 amide bonds. The van der Waals surface area contributed by atoms with Crippen LogP contribution in [0.4, 0.5) is 10.1 Å². The topological polar surface area (TPSA) is 85.2 Å². The van der Waals surface area contributed by atoms with Gasteiger partial charge in [0.2, 0.25) is 0 Å². The monoisotopic (exact) mass is 499 g/mol. The molecule has 36 heavy (non-hydrogen) atoms. The molecule has 0 radical (unpaired) electrons. The van der Waals surface area contributed by atoms with Crippen molar-refractivity contribution in [2.24, 2.45) is 5.92 Å². The van der Waals surface area contributed by atoms with E-state index in [4.69, 9.17) is 16.7 Å². The summed E-state index contributed by atoms with van der Waals surface area (Å²) in [5.74, 6) is -0.744. The number of hydrogen-bond acceptors (Lipinski definition) is 4. The third kappa shape index (κ3) is 4.64. The largest absolute Gasteiger partial charge is 0.478 e. The Labute approximate surface area is 213 Å². The molecule has 1 unspecified atom stereocenters. The van der Waals surface area contributed by atoms with Crippen molar-refractivity contribution in [2.75, 3.05) is 5.43 Å². The molecule has 0 saturated heterocycles. The highest BCUT2D eigenvalue weighted by atomic mass is 35.5. The lowest BCUT2D eigenvalue weighted by atomic mass is 9.73. The Balaban J connectivity index is 1.74. The van der Waals surface area contributed by atoms with Crippen LogP contribution in [-0.2, 0) is 4.79 Å². The van der Waals surface area contributed by atoms with Crippen LogP contribution < -0.4 is 10.9 Å². The summed E-state index contributed by atoms with van der Waals surface area (Å²) >= 11 is 6.73. The molecular formula is C29H23ClFN3O2. The van der Waals surface area contributed by atoms with Gasteiger partial charge in [0.1, 0.15) is 0 Å². The molecule has 2 aliphatic rings. The van der Waals surface area contributed by atoms with Gasteiger partial charge in [-0.05, 0) is 82.5 Å². The van der Waals surface area contributed by atoms with Gasteiger partial charge in [-0.15, -0.1) is 0 Å². The van der Waals surface area contributed by atoms with Gasteiger partial charge in [0.05, 0.1) is 17.3 Å². The predicted octanol–water partition coefficient (Wildman–Crippen LogP) is 6.97. The Morgan fingerprint density at radius 3 is 2.47 bits per heavy atom. The summed E-state index contributed by atoms with van der Waals surface area (Å²) in [5.41, 5.74) is 12.6. The van der Waals surface area contributed by atoms with Gasteiger partial charge in [0.15, 0.2) is 6.30 Å². The second kappa shape index (κ2) is 9.98. The molecule has 1 heterocycles. The average molecular weight is 500 g/mol. The van der Waals surface area contributed by atoms with Crippen molar-refractivity contribution in [1.82, 2.24) is 5.43 Å². The van der Waals surface area contributed by atoms with E-state index in [1.165, 1.54) is 0 Å². The number of halogens is 2. The van der Waals surface area contributed by atoms with Crippen LogP contribution in [0.15, 0.2) is 66.7 Å². The van der Waals surface area contributed by atoms with E-state index < -0.39 is 12.3 Å². The molecule has 1 atom stereocenters. The lowest BCUT2D eigenvalue weighted by Crippen LogP contribution is -2.15. The second-order valence-electron chi connectivity index (χ2n) is 8.95. The maximum atomic E-state index is 14.6. The number of hydrogen-bond donors (Lipinski definition) is 3. The van der Waals surface area contributed by atoms with Crippen molar-refractivity contribution < 1.29 is 14.3 Å². The molecule has 5 nitrogen and oxygen atoms in total. The summed E-state index contributed by atoms with van der Waals surface area (Å²) in [7, 11) is 0. The van der Waals surface area contributed by atoms with Gasteiger partial charge < -0.3 is 10.5 Å². The van der Waals surface area contributed by atoms with Crippen LogP contribution in [0.3, 0.4) is 0 Å². The first-order valence-corrected chi connectivity index (χ1v) is 12.1. The molecule has 7 heteroatoms. The first-order chi connectivity index (χ1) is 17.4. The molecule has 0 bridgehead atoms. The first-order valence-electron chi connectivity index (χ1n) is 11.7. The van der Waals surface area contributed by atoms with Crippen molar-refractivity contribution in [3.8, 4) is 6.07 Å². The number of benzene rings is 3. The third-order valence-corrected chi connectivity index (χ3v) is 7.05. The van der Waals surface area contributed by atoms with Crippen molar-refractivity contribution in [2.45, 2.75) is 25.6 Å². The number of alkyl halides is 1. The van der Waals surface area contributed by atoms with E-state index in [-0.39, 0.29) is 5.92 Å². The molecule has 0 spiro atoms. The van der Waals surface area contributed by atoms with Gasteiger partial charge in [-0.25, -0.2) is 14.6 Å². The van der Waals surface area contributed by atoms with E-state index in [1.807, 2.05) is 48.5 Å². The summed E-state index contributed by atoms with van der Waals surface area (Å²) in [6.45, 7) is 0. The number of nitrogens with one attached hydrogen (secondary N) is 2. The van der Waals surface area contributed by atoms with Gasteiger partial charge in [-0.1, -0.05) is 54.4 Å². The van der Waals surface area contributed by atoms with Gasteiger partial charge in [0.25, 0.3) is 0 Å². The fourth-order valence-corrected chi connectivity index (χ4v) is 5.01. The highest BCUT2D eigenvalue weighted by molar-refractivity contribution is 6.33. The Hall–Kier alpha value is -3.92. The number of nitrogens with zero attached hydrogens (tertiary/aromatic N) is 1. The summed E-state index contributed by atoms with van der Waals surface area (Å²) in [4.78, 5) is 10.9. The Morgan fingerprint density at radius 1 is 1.08 bits per heavy atom. The molecular weight excluding hydrogens is 477 g/mol. The minimum atomic E-state index is -1.32. The Kier molecular flexibility index (Phi) is 6.60. The number of nitriles is 1. The highest BCUT2D eigenvalue weighted by Crippen LogP contribution is 2.47. The maximum absolute atomic E-state index is 14.6. The smallest absolute Gasteiger partial charge is 0.328 e. The van der Waals surface area contributed by atoms with Gasteiger partial charge in [-0.3, -0.25) is 0 Å². The zero-order chi connectivity index (χ0) is 25.2. The lowest BCUT2D eigenvalue weighted by molar-refractivity contribution is -0.131. The zero-order valence-corrected chi connectivity index (χ0v) is 20.0. The maximum Gasteiger partial charge on any atom is 0.328 e. The quantitative estimate of drug-likeness (QED) is 0.194.